The molecule has 0 spiro atoms. The number of ether oxygens (including phenoxy) is 1. The van der Waals surface area contributed by atoms with E-state index in [2.05, 4.69) is 16.2 Å². The van der Waals surface area contributed by atoms with Gasteiger partial charge in [-0.25, -0.2) is 9.78 Å². The van der Waals surface area contributed by atoms with Crippen LogP contribution < -0.4 is 5.32 Å². The van der Waals surface area contributed by atoms with Crippen LogP contribution in [0.5, 0.6) is 0 Å². The van der Waals surface area contributed by atoms with Crippen LogP contribution in [0.4, 0.5) is 4.79 Å². The van der Waals surface area contributed by atoms with Crippen molar-refractivity contribution in [3.63, 3.8) is 0 Å². The van der Waals surface area contributed by atoms with E-state index in [1.54, 1.807) is 18.2 Å². The molecule has 1 amide bonds. The zero-order valence-corrected chi connectivity index (χ0v) is 10.3. The number of carbonyl (C=O) groups excluding carboxylic acids is 1. The molecule has 1 aromatic rings. The van der Waals surface area contributed by atoms with Crippen molar-refractivity contribution in [3.05, 3.63) is 29.6 Å². The first-order valence-electron chi connectivity index (χ1n) is 5.30. The minimum absolute atomic E-state index is 0.296. The van der Waals surface area contributed by atoms with E-state index in [9.17, 15) is 4.79 Å². The number of amides is 1. The molecule has 4 nitrogen and oxygen atoms in total. The smallest absolute Gasteiger partial charge is 0.407 e. The largest absolute Gasteiger partial charge is 0.444 e. The molecule has 0 saturated heterocycles. The van der Waals surface area contributed by atoms with E-state index < -0.39 is 11.7 Å². The predicted octanol–water partition coefficient (Wildman–Crippen LogP) is 2.09. The topological polar surface area (TPSA) is 51.2 Å². The maximum atomic E-state index is 11.4. The van der Waals surface area contributed by atoms with Crippen LogP contribution in [0.25, 0.3) is 0 Å². The third kappa shape index (κ3) is 5.03. The molecule has 0 bridgehead atoms. The average molecular weight is 232 g/mol. The van der Waals surface area contributed by atoms with Crippen LogP contribution in [0.15, 0.2) is 18.2 Å². The summed E-state index contributed by atoms with van der Waals surface area (Å²) in [6.07, 6.45) is 4.77. The Morgan fingerprint density at radius 3 is 2.82 bits per heavy atom. The number of aromatic nitrogens is 1. The molecule has 0 saturated carbocycles. The van der Waals surface area contributed by atoms with Gasteiger partial charge in [0.15, 0.2) is 0 Å². The fourth-order valence-corrected chi connectivity index (χ4v) is 1.14. The van der Waals surface area contributed by atoms with E-state index in [1.807, 2.05) is 20.8 Å². The van der Waals surface area contributed by atoms with Crippen LogP contribution in [-0.2, 0) is 11.3 Å². The van der Waals surface area contributed by atoms with Crippen LogP contribution in [0, 0.1) is 12.3 Å². The molecule has 0 aliphatic carbocycles. The summed E-state index contributed by atoms with van der Waals surface area (Å²) in [4.78, 5) is 15.5. The highest BCUT2D eigenvalue weighted by atomic mass is 16.6. The molecular weight excluding hydrogens is 216 g/mol. The summed E-state index contributed by atoms with van der Waals surface area (Å²) in [5.74, 6) is 2.44. The van der Waals surface area contributed by atoms with Gasteiger partial charge in [-0.3, -0.25) is 0 Å². The minimum Gasteiger partial charge on any atom is -0.444 e. The number of nitrogens with one attached hydrogen (secondary N) is 1. The van der Waals surface area contributed by atoms with E-state index in [-0.39, 0.29) is 0 Å². The Balaban J connectivity index is 2.51. The van der Waals surface area contributed by atoms with Crippen LogP contribution in [0.3, 0.4) is 0 Å². The molecule has 0 atom stereocenters. The summed E-state index contributed by atoms with van der Waals surface area (Å²) in [5.41, 5.74) is 0.748. The van der Waals surface area contributed by atoms with Gasteiger partial charge in [-0.15, -0.1) is 6.42 Å². The normalized spacial score (nSPS) is 10.5. The average Bonchev–Trinajstić information content (AvgIpc) is 2.24. The highest BCUT2D eigenvalue weighted by molar-refractivity contribution is 5.67. The van der Waals surface area contributed by atoms with E-state index in [1.165, 1.54) is 0 Å². The molecule has 17 heavy (non-hydrogen) atoms. The Labute approximate surface area is 101 Å². The third-order valence-corrected chi connectivity index (χ3v) is 1.77. The molecule has 0 aliphatic rings. The fourth-order valence-electron chi connectivity index (χ4n) is 1.14. The van der Waals surface area contributed by atoms with Crippen molar-refractivity contribution in [1.29, 1.82) is 0 Å². The van der Waals surface area contributed by atoms with Crippen LogP contribution in [0.1, 0.15) is 32.2 Å². The Morgan fingerprint density at radius 2 is 2.24 bits per heavy atom. The highest BCUT2D eigenvalue weighted by Gasteiger charge is 2.15. The third-order valence-electron chi connectivity index (χ3n) is 1.77. The fraction of sp³-hybridized carbons (Fsp3) is 0.385. The lowest BCUT2D eigenvalue weighted by molar-refractivity contribution is 0.0523. The van der Waals surface area contributed by atoms with Gasteiger partial charge in [0.25, 0.3) is 0 Å². The van der Waals surface area contributed by atoms with Gasteiger partial charge in [-0.05, 0) is 32.9 Å². The minimum atomic E-state index is -0.502. The molecule has 0 unspecified atom stereocenters. The first-order valence-corrected chi connectivity index (χ1v) is 5.30. The van der Waals surface area contributed by atoms with Gasteiger partial charge in [0.1, 0.15) is 11.3 Å². The van der Waals surface area contributed by atoms with Gasteiger partial charge >= 0.3 is 6.09 Å². The standard InChI is InChI=1S/C13H16N2O2/c1-5-10-7-6-8-11(15-10)9-14-12(16)17-13(2,3)4/h1,6-8H,9H2,2-4H3,(H,14,16). The van der Waals surface area contributed by atoms with Crippen LogP contribution in [-0.4, -0.2) is 16.7 Å². The highest BCUT2D eigenvalue weighted by Crippen LogP contribution is 2.06. The first-order chi connectivity index (χ1) is 7.90. The number of rotatable bonds is 2. The van der Waals surface area contributed by atoms with Gasteiger partial charge in [0, 0.05) is 0 Å². The van der Waals surface area contributed by atoms with E-state index in [0.717, 1.165) is 0 Å². The van der Waals surface area contributed by atoms with Gasteiger partial charge in [-0.2, -0.15) is 0 Å². The second kappa shape index (κ2) is 5.35. The van der Waals surface area contributed by atoms with Crippen molar-refractivity contribution < 1.29 is 9.53 Å². The van der Waals surface area contributed by atoms with E-state index in [0.29, 0.717) is 17.9 Å². The lowest BCUT2D eigenvalue weighted by atomic mass is 10.2. The summed E-state index contributed by atoms with van der Waals surface area (Å²) < 4.78 is 5.10. The molecule has 0 radical (unpaired) electrons. The summed E-state index contributed by atoms with van der Waals surface area (Å²) in [5, 5.41) is 2.61. The lowest BCUT2D eigenvalue weighted by Gasteiger charge is -2.19. The molecule has 1 N–H and O–H groups in total. The lowest BCUT2D eigenvalue weighted by Crippen LogP contribution is -2.32. The van der Waals surface area contributed by atoms with Crippen molar-refractivity contribution in [1.82, 2.24) is 10.3 Å². The SMILES string of the molecule is C#Cc1cccc(CNC(=O)OC(C)(C)C)n1. The molecular formula is C13H16N2O2. The Bertz CT molecular complexity index is 441. The quantitative estimate of drug-likeness (QED) is 0.794. The van der Waals surface area contributed by atoms with Gasteiger partial charge < -0.3 is 10.1 Å². The number of nitrogens with zero attached hydrogens (tertiary/aromatic N) is 1. The van der Waals surface area contributed by atoms with E-state index >= 15 is 0 Å². The number of carbonyl (C=O) groups is 1. The molecule has 0 aromatic carbocycles. The van der Waals surface area contributed by atoms with Crippen molar-refractivity contribution in [2.45, 2.75) is 32.9 Å². The summed E-state index contributed by atoms with van der Waals surface area (Å²) in [7, 11) is 0. The monoisotopic (exact) mass is 232 g/mol. The zero-order valence-electron chi connectivity index (χ0n) is 10.3. The van der Waals surface area contributed by atoms with Crippen molar-refractivity contribution in [2.75, 3.05) is 0 Å². The van der Waals surface area contributed by atoms with Gasteiger partial charge in [0.2, 0.25) is 0 Å². The molecule has 1 rings (SSSR count). The number of hydrogen-bond donors (Lipinski definition) is 1. The maximum Gasteiger partial charge on any atom is 0.407 e. The summed E-state index contributed by atoms with van der Waals surface area (Å²) in [6.45, 7) is 5.72. The maximum absolute atomic E-state index is 11.4. The Kier molecular flexibility index (Phi) is 4.11. The molecule has 4 heteroatoms. The molecule has 0 fully saturated rings. The number of pyridine rings is 1. The van der Waals surface area contributed by atoms with Crippen LogP contribution >= 0.6 is 0 Å². The predicted molar refractivity (Wildman–Crippen MR) is 65.2 cm³/mol. The van der Waals surface area contributed by atoms with Gasteiger partial charge in [-0.1, -0.05) is 12.0 Å². The number of alkyl carbamates (subject to hydrolysis) is 1. The summed E-state index contributed by atoms with van der Waals surface area (Å²) >= 11 is 0. The Morgan fingerprint density at radius 1 is 1.53 bits per heavy atom. The zero-order chi connectivity index (χ0) is 12.9. The van der Waals surface area contributed by atoms with Crippen molar-refractivity contribution in [3.8, 4) is 12.3 Å². The Hall–Kier alpha value is -2.02. The van der Waals surface area contributed by atoms with Crippen LogP contribution in [0.2, 0.25) is 0 Å². The van der Waals surface area contributed by atoms with E-state index in [4.69, 9.17) is 11.2 Å². The first kappa shape index (κ1) is 13.0. The van der Waals surface area contributed by atoms with Gasteiger partial charge in [0.05, 0.1) is 12.2 Å². The molecule has 1 heterocycles. The number of terminal acetylenes is 1. The van der Waals surface area contributed by atoms with Crippen molar-refractivity contribution >= 4 is 6.09 Å². The second-order valence-electron chi connectivity index (χ2n) is 4.51. The molecule has 90 valence electrons. The summed E-state index contributed by atoms with van der Waals surface area (Å²) in [6, 6.07) is 5.32. The second-order valence-corrected chi connectivity index (χ2v) is 4.51. The molecule has 0 aliphatic heterocycles. The van der Waals surface area contributed by atoms with Crippen molar-refractivity contribution in [2.24, 2.45) is 0 Å². The molecule has 1 aromatic heterocycles. The number of hydrogen-bond acceptors (Lipinski definition) is 3.